The summed E-state index contributed by atoms with van der Waals surface area (Å²) < 4.78 is 5.05. The third-order valence-electron chi connectivity index (χ3n) is 1.91. The summed E-state index contributed by atoms with van der Waals surface area (Å²) in [6, 6.07) is 9.60. The number of benzene rings is 1. The first kappa shape index (κ1) is 11.1. The van der Waals surface area contributed by atoms with Crippen LogP contribution < -0.4 is 4.74 Å². The predicted octanol–water partition coefficient (Wildman–Crippen LogP) is 2.12. The third kappa shape index (κ3) is 3.03. The fourth-order valence-electron chi connectivity index (χ4n) is 1.20. The fourth-order valence-corrected chi connectivity index (χ4v) is 1.20. The van der Waals surface area contributed by atoms with Gasteiger partial charge in [0.25, 0.3) is 0 Å². The Morgan fingerprint density at radius 1 is 1.33 bits per heavy atom. The molecule has 0 radical (unpaired) electrons. The molecule has 1 aromatic rings. The van der Waals surface area contributed by atoms with E-state index in [0.717, 1.165) is 11.3 Å². The van der Waals surface area contributed by atoms with E-state index >= 15 is 0 Å². The van der Waals surface area contributed by atoms with Gasteiger partial charge in [-0.1, -0.05) is 0 Å². The van der Waals surface area contributed by atoms with Crippen LogP contribution in [-0.4, -0.2) is 26.1 Å². The Balaban J connectivity index is 3.00. The Labute approximate surface area is 90.2 Å². The number of methoxy groups -OCH3 is 1. The van der Waals surface area contributed by atoms with E-state index in [1.807, 2.05) is 43.3 Å². The second-order valence-corrected chi connectivity index (χ2v) is 3.35. The zero-order valence-electron chi connectivity index (χ0n) is 9.19. The zero-order valence-corrected chi connectivity index (χ0v) is 9.19. The summed E-state index contributed by atoms with van der Waals surface area (Å²) in [4.78, 5) is 1.85. The summed E-state index contributed by atoms with van der Waals surface area (Å²) in [5.74, 6) is 0.792. The van der Waals surface area contributed by atoms with Crippen LogP contribution in [-0.2, 0) is 0 Å². The number of hydrogen-bond acceptors (Lipinski definition) is 3. The highest BCUT2D eigenvalue weighted by Crippen LogP contribution is 2.18. The maximum Gasteiger partial charge on any atom is 0.118 e. The minimum absolute atomic E-state index is 0.641. The molecule has 0 spiro atoms. The fraction of sp³-hybridized carbons (Fsp3) is 0.250. The van der Waals surface area contributed by atoms with Crippen molar-refractivity contribution in [3.63, 3.8) is 0 Å². The van der Waals surface area contributed by atoms with Gasteiger partial charge in [-0.2, -0.15) is 5.26 Å². The van der Waals surface area contributed by atoms with Crippen LogP contribution in [0.15, 0.2) is 30.5 Å². The van der Waals surface area contributed by atoms with Crippen molar-refractivity contribution >= 4 is 5.57 Å². The molecule has 0 saturated carbocycles. The van der Waals surface area contributed by atoms with Crippen LogP contribution >= 0.6 is 0 Å². The van der Waals surface area contributed by atoms with E-state index in [0.29, 0.717) is 5.57 Å². The molecule has 0 amide bonds. The van der Waals surface area contributed by atoms with Gasteiger partial charge in [0.05, 0.1) is 12.7 Å². The molecule has 15 heavy (non-hydrogen) atoms. The SMILES string of the molecule is COc1ccc(C(C#N)=CN(C)C)cc1. The quantitative estimate of drug-likeness (QED) is 0.704. The summed E-state index contributed by atoms with van der Waals surface area (Å²) in [6.45, 7) is 0. The van der Waals surface area contributed by atoms with Gasteiger partial charge < -0.3 is 9.64 Å². The van der Waals surface area contributed by atoms with E-state index in [1.165, 1.54) is 0 Å². The third-order valence-corrected chi connectivity index (χ3v) is 1.91. The molecule has 1 aromatic carbocycles. The number of hydrogen-bond donors (Lipinski definition) is 0. The van der Waals surface area contributed by atoms with Gasteiger partial charge in [-0.3, -0.25) is 0 Å². The maximum atomic E-state index is 8.98. The minimum Gasteiger partial charge on any atom is -0.497 e. The molecule has 0 bridgehead atoms. The highest BCUT2D eigenvalue weighted by molar-refractivity contribution is 5.76. The van der Waals surface area contributed by atoms with E-state index < -0.39 is 0 Å². The van der Waals surface area contributed by atoms with Crippen molar-refractivity contribution in [1.29, 1.82) is 5.26 Å². The standard InChI is InChI=1S/C12H14N2O/c1-14(2)9-11(8-13)10-4-6-12(15-3)7-5-10/h4-7,9H,1-3H3. The molecule has 0 aliphatic carbocycles. The van der Waals surface area contributed by atoms with Gasteiger partial charge in [0.1, 0.15) is 11.8 Å². The van der Waals surface area contributed by atoms with Crippen molar-refractivity contribution in [2.75, 3.05) is 21.2 Å². The van der Waals surface area contributed by atoms with Crippen LogP contribution in [0.25, 0.3) is 5.57 Å². The number of ether oxygens (including phenoxy) is 1. The maximum absolute atomic E-state index is 8.98. The van der Waals surface area contributed by atoms with Crippen molar-refractivity contribution < 1.29 is 4.74 Å². The highest BCUT2D eigenvalue weighted by atomic mass is 16.5. The lowest BCUT2D eigenvalue weighted by Crippen LogP contribution is -2.02. The Morgan fingerprint density at radius 2 is 1.93 bits per heavy atom. The van der Waals surface area contributed by atoms with Crippen LogP contribution in [0.5, 0.6) is 5.75 Å². The molecule has 0 N–H and O–H groups in total. The Hall–Kier alpha value is -1.95. The van der Waals surface area contributed by atoms with Gasteiger partial charge in [0, 0.05) is 20.3 Å². The number of allylic oxidation sites excluding steroid dienone is 1. The van der Waals surface area contributed by atoms with E-state index in [2.05, 4.69) is 6.07 Å². The van der Waals surface area contributed by atoms with Gasteiger partial charge in [-0.05, 0) is 29.8 Å². The van der Waals surface area contributed by atoms with Crippen molar-refractivity contribution in [2.24, 2.45) is 0 Å². The molecular formula is C12H14N2O. The molecule has 3 heteroatoms. The zero-order chi connectivity index (χ0) is 11.3. The van der Waals surface area contributed by atoms with Gasteiger partial charge >= 0.3 is 0 Å². The summed E-state index contributed by atoms with van der Waals surface area (Å²) >= 11 is 0. The average Bonchev–Trinajstić information content (AvgIpc) is 2.26. The first-order chi connectivity index (χ1) is 7.17. The summed E-state index contributed by atoms with van der Waals surface area (Å²) in [7, 11) is 5.40. The van der Waals surface area contributed by atoms with Gasteiger partial charge in [0.2, 0.25) is 0 Å². The Kier molecular flexibility index (Phi) is 3.75. The molecule has 0 aromatic heterocycles. The predicted molar refractivity (Wildman–Crippen MR) is 60.3 cm³/mol. The topological polar surface area (TPSA) is 36.3 Å². The molecule has 3 nitrogen and oxygen atoms in total. The summed E-state index contributed by atoms with van der Waals surface area (Å²) in [6.07, 6.45) is 1.79. The van der Waals surface area contributed by atoms with Crippen molar-refractivity contribution in [3.05, 3.63) is 36.0 Å². The number of nitrogens with zero attached hydrogens (tertiary/aromatic N) is 2. The van der Waals surface area contributed by atoms with E-state index in [9.17, 15) is 0 Å². The second kappa shape index (κ2) is 5.06. The summed E-state index contributed by atoms with van der Waals surface area (Å²) in [5, 5.41) is 8.98. The van der Waals surface area contributed by atoms with Gasteiger partial charge in [-0.15, -0.1) is 0 Å². The molecular weight excluding hydrogens is 188 g/mol. The first-order valence-corrected chi connectivity index (χ1v) is 4.60. The molecule has 0 fully saturated rings. The minimum atomic E-state index is 0.641. The average molecular weight is 202 g/mol. The normalized spacial score (nSPS) is 10.7. The largest absolute Gasteiger partial charge is 0.497 e. The molecule has 0 saturated heterocycles. The molecule has 0 atom stereocenters. The highest BCUT2D eigenvalue weighted by Gasteiger charge is 2.00. The summed E-state index contributed by atoms with van der Waals surface area (Å²) in [5.41, 5.74) is 1.54. The molecule has 0 aliphatic rings. The lowest BCUT2D eigenvalue weighted by atomic mass is 10.1. The first-order valence-electron chi connectivity index (χ1n) is 4.60. The smallest absolute Gasteiger partial charge is 0.118 e. The molecule has 78 valence electrons. The lowest BCUT2D eigenvalue weighted by Gasteiger charge is -2.07. The van der Waals surface area contributed by atoms with Crippen LogP contribution in [0.2, 0.25) is 0 Å². The molecule has 0 aliphatic heterocycles. The van der Waals surface area contributed by atoms with Crippen molar-refractivity contribution in [2.45, 2.75) is 0 Å². The number of rotatable bonds is 3. The van der Waals surface area contributed by atoms with Gasteiger partial charge in [0.15, 0.2) is 0 Å². The molecule has 0 heterocycles. The molecule has 0 unspecified atom stereocenters. The second-order valence-electron chi connectivity index (χ2n) is 3.35. The lowest BCUT2D eigenvalue weighted by molar-refractivity contribution is 0.415. The molecule has 1 rings (SSSR count). The van der Waals surface area contributed by atoms with E-state index in [-0.39, 0.29) is 0 Å². The van der Waals surface area contributed by atoms with Crippen molar-refractivity contribution in [3.8, 4) is 11.8 Å². The van der Waals surface area contributed by atoms with Crippen LogP contribution in [0.1, 0.15) is 5.56 Å². The number of nitriles is 1. The van der Waals surface area contributed by atoms with Gasteiger partial charge in [-0.25, -0.2) is 0 Å². The van der Waals surface area contributed by atoms with Crippen LogP contribution in [0, 0.1) is 11.3 Å². The van der Waals surface area contributed by atoms with Crippen molar-refractivity contribution in [1.82, 2.24) is 4.90 Å². The van der Waals surface area contributed by atoms with Crippen LogP contribution in [0.3, 0.4) is 0 Å². The van der Waals surface area contributed by atoms with E-state index in [4.69, 9.17) is 10.00 Å². The Bertz CT molecular complexity index is 385. The van der Waals surface area contributed by atoms with Crippen LogP contribution in [0.4, 0.5) is 0 Å². The monoisotopic (exact) mass is 202 g/mol. The van der Waals surface area contributed by atoms with E-state index in [1.54, 1.807) is 13.3 Å². The Morgan fingerprint density at radius 3 is 2.33 bits per heavy atom.